The molecule has 1 rings (SSSR count). The molecule has 0 aliphatic heterocycles. The molecule has 0 fully saturated rings. The topological polar surface area (TPSA) is 69.1 Å². The molecular formula is C7H9ClN2OS. The molecule has 3 nitrogen and oxygen atoms in total. The first-order valence-corrected chi connectivity index (χ1v) is 4.58. The number of halogens is 1. The maximum atomic E-state index is 10.5. The van der Waals surface area contributed by atoms with Crippen LogP contribution in [0.25, 0.3) is 0 Å². The number of amides is 1. The van der Waals surface area contributed by atoms with E-state index in [1.54, 1.807) is 12.1 Å². The fourth-order valence-corrected chi connectivity index (χ4v) is 1.91. The van der Waals surface area contributed by atoms with Gasteiger partial charge in [0.05, 0.1) is 4.34 Å². The van der Waals surface area contributed by atoms with E-state index in [1.807, 2.05) is 0 Å². The monoisotopic (exact) mass is 204 g/mol. The van der Waals surface area contributed by atoms with Gasteiger partial charge in [0.1, 0.15) is 0 Å². The van der Waals surface area contributed by atoms with Crippen LogP contribution >= 0.6 is 22.9 Å². The van der Waals surface area contributed by atoms with Gasteiger partial charge in [-0.05, 0) is 12.1 Å². The van der Waals surface area contributed by atoms with Crippen LogP contribution in [0.15, 0.2) is 12.1 Å². The van der Waals surface area contributed by atoms with Gasteiger partial charge in [0.25, 0.3) is 0 Å². The van der Waals surface area contributed by atoms with Crippen LogP contribution in [-0.4, -0.2) is 5.91 Å². The summed E-state index contributed by atoms with van der Waals surface area (Å²) in [5.41, 5.74) is 10.7. The highest BCUT2D eigenvalue weighted by Gasteiger charge is 2.10. The summed E-state index contributed by atoms with van der Waals surface area (Å²) in [6.45, 7) is 0. The van der Waals surface area contributed by atoms with E-state index in [4.69, 9.17) is 23.1 Å². The Hall–Kier alpha value is -0.580. The molecule has 66 valence electrons. The molecule has 1 aromatic rings. The van der Waals surface area contributed by atoms with Crippen molar-refractivity contribution in [3.05, 3.63) is 21.3 Å². The first-order chi connectivity index (χ1) is 5.59. The highest BCUT2D eigenvalue weighted by molar-refractivity contribution is 7.16. The van der Waals surface area contributed by atoms with E-state index in [0.29, 0.717) is 4.34 Å². The van der Waals surface area contributed by atoms with E-state index < -0.39 is 5.91 Å². The van der Waals surface area contributed by atoms with Crippen molar-refractivity contribution in [2.24, 2.45) is 11.5 Å². The highest BCUT2D eigenvalue weighted by atomic mass is 35.5. The van der Waals surface area contributed by atoms with Gasteiger partial charge < -0.3 is 11.5 Å². The lowest BCUT2D eigenvalue weighted by atomic mass is 10.2. The van der Waals surface area contributed by atoms with Gasteiger partial charge in [-0.2, -0.15) is 0 Å². The van der Waals surface area contributed by atoms with E-state index in [9.17, 15) is 4.79 Å². The van der Waals surface area contributed by atoms with E-state index in [-0.39, 0.29) is 12.5 Å². The van der Waals surface area contributed by atoms with Crippen LogP contribution < -0.4 is 11.5 Å². The van der Waals surface area contributed by atoms with Crippen LogP contribution in [0, 0.1) is 0 Å². The van der Waals surface area contributed by atoms with Crippen molar-refractivity contribution in [2.45, 2.75) is 12.5 Å². The SMILES string of the molecule is NC(=O)C[C@@H](N)c1ccc(Cl)s1. The van der Waals surface area contributed by atoms with Crippen LogP contribution in [0.2, 0.25) is 4.34 Å². The zero-order valence-electron chi connectivity index (χ0n) is 6.29. The molecule has 1 amide bonds. The third-order valence-electron chi connectivity index (χ3n) is 1.38. The van der Waals surface area contributed by atoms with Gasteiger partial charge >= 0.3 is 0 Å². The fourth-order valence-electron chi connectivity index (χ4n) is 0.845. The second-order valence-electron chi connectivity index (χ2n) is 2.42. The Bertz CT molecular complexity index is 287. The van der Waals surface area contributed by atoms with E-state index in [1.165, 1.54) is 11.3 Å². The highest BCUT2D eigenvalue weighted by Crippen LogP contribution is 2.26. The Labute approximate surface area is 79.3 Å². The summed E-state index contributed by atoms with van der Waals surface area (Å²) >= 11 is 7.06. The number of nitrogens with two attached hydrogens (primary N) is 2. The smallest absolute Gasteiger partial charge is 0.219 e. The normalized spacial score (nSPS) is 12.8. The Kier molecular flexibility index (Phi) is 3.08. The second-order valence-corrected chi connectivity index (χ2v) is 4.17. The van der Waals surface area contributed by atoms with Crippen LogP contribution in [0.3, 0.4) is 0 Å². The molecule has 0 spiro atoms. The Morgan fingerprint density at radius 3 is 2.75 bits per heavy atom. The van der Waals surface area contributed by atoms with Gasteiger partial charge in [-0.3, -0.25) is 4.79 Å². The number of rotatable bonds is 3. The average molecular weight is 205 g/mol. The molecule has 0 saturated carbocycles. The second kappa shape index (κ2) is 3.89. The van der Waals surface area contributed by atoms with E-state index >= 15 is 0 Å². The molecule has 0 saturated heterocycles. The standard InChI is InChI=1S/C7H9ClN2OS/c8-6-2-1-5(12-6)4(9)3-7(10)11/h1-2,4H,3,9H2,(H2,10,11)/t4-/m1/s1. The lowest BCUT2D eigenvalue weighted by Gasteiger charge is -2.04. The van der Waals surface area contributed by atoms with Gasteiger partial charge in [-0.15, -0.1) is 11.3 Å². The molecule has 0 aliphatic carbocycles. The molecule has 12 heavy (non-hydrogen) atoms. The summed E-state index contributed by atoms with van der Waals surface area (Å²) in [7, 11) is 0. The molecule has 1 heterocycles. The quantitative estimate of drug-likeness (QED) is 0.779. The Balaban J connectivity index is 2.64. The molecule has 0 radical (unpaired) electrons. The molecule has 0 aliphatic rings. The van der Waals surface area contributed by atoms with Crippen molar-refractivity contribution < 1.29 is 4.79 Å². The van der Waals surface area contributed by atoms with Crippen molar-refractivity contribution in [2.75, 3.05) is 0 Å². The zero-order chi connectivity index (χ0) is 9.14. The van der Waals surface area contributed by atoms with E-state index in [0.717, 1.165) is 4.88 Å². The van der Waals surface area contributed by atoms with Crippen molar-refractivity contribution in [3.63, 3.8) is 0 Å². The molecule has 0 unspecified atom stereocenters. The molecule has 0 aromatic carbocycles. The Morgan fingerprint density at radius 1 is 1.67 bits per heavy atom. The number of hydrogen-bond donors (Lipinski definition) is 2. The van der Waals surface area contributed by atoms with Crippen LogP contribution in [0.1, 0.15) is 17.3 Å². The first kappa shape index (κ1) is 9.51. The van der Waals surface area contributed by atoms with Gasteiger partial charge in [0.15, 0.2) is 0 Å². The average Bonchev–Trinajstić information content (AvgIpc) is 2.34. The summed E-state index contributed by atoms with van der Waals surface area (Å²) in [4.78, 5) is 11.4. The number of carbonyl (C=O) groups is 1. The number of carbonyl (C=O) groups excluding carboxylic acids is 1. The predicted octanol–water partition coefficient (Wildman–Crippen LogP) is 1.28. The van der Waals surface area contributed by atoms with Crippen LogP contribution in [-0.2, 0) is 4.79 Å². The van der Waals surface area contributed by atoms with Crippen LogP contribution in [0.5, 0.6) is 0 Å². The zero-order valence-corrected chi connectivity index (χ0v) is 7.86. The predicted molar refractivity (Wildman–Crippen MR) is 50.1 cm³/mol. The lowest BCUT2D eigenvalue weighted by Crippen LogP contribution is -2.19. The lowest BCUT2D eigenvalue weighted by molar-refractivity contribution is -0.118. The van der Waals surface area contributed by atoms with Crippen molar-refractivity contribution in [1.29, 1.82) is 0 Å². The fraction of sp³-hybridized carbons (Fsp3) is 0.286. The minimum Gasteiger partial charge on any atom is -0.370 e. The number of thiophene rings is 1. The maximum absolute atomic E-state index is 10.5. The van der Waals surface area contributed by atoms with Gasteiger partial charge in [0.2, 0.25) is 5.91 Å². The first-order valence-electron chi connectivity index (χ1n) is 3.38. The molecule has 5 heteroatoms. The van der Waals surface area contributed by atoms with Gasteiger partial charge in [-0.1, -0.05) is 11.6 Å². The number of primary amides is 1. The summed E-state index contributed by atoms with van der Waals surface area (Å²) in [6, 6.07) is 3.24. The van der Waals surface area contributed by atoms with E-state index in [2.05, 4.69) is 0 Å². The summed E-state index contributed by atoms with van der Waals surface area (Å²) < 4.78 is 0.671. The molecule has 4 N–H and O–H groups in total. The molecule has 0 bridgehead atoms. The summed E-state index contributed by atoms with van der Waals surface area (Å²) in [6.07, 6.45) is 0.164. The van der Waals surface area contributed by atoms with Gasteiger partial charge in [0, 0.05) is 17.3 Å². The largest absolute Gasteiger partial charge is 0.370 e. The van der Waals surface area contributed by atoms with Crippen molar-refractivity contribution in [3.8, 4) is 0 Å². The molecule has 1 atom stereocenters. The summed E-state index contributed by atoms with van der Waals surface area (Å²) in [5, 5.41) is 0. The maximum Gasteiger partial charge on any atom is 0.219 e. The van der Waals surface area contributed by atoms with Crippen molar-refractivity contribution in [1.82, 2.24) is 0 Å². The Morgan fingerprint density at radius 2 is 2.33 bits per heavy atom. The van der Waals surface area contributed by atoms with Gasteiger partial charge in [-0.25, -0.2) is 0 Å². The third kappa shape index (κ3) is 2.48. The molecular weight excluding hydrogens is 196 g/mol. The summed E-state index contributed by atoms with van der Waals surface area (Å²) in [5.74, 6) is -0.396. The van der Waals surface area contributed by atoms with Crippen molar-refractivity contribution >= 4 is 28.8 Å². The minimum atomic E-state index is -0.396. The number of hydrogen-bond acceptors (Lipinski definition) is 3. The molecule has 1 aromatic heterocycles. The third-order valence-corrected chi connectivity index (χ3v) is 2.74. The van der Waals surface area contributed by atoms with Crippen LogP contribution in [0.4, 0.5) is 0 Å². The minimum absolute atomic E-state index is 0.164.